The fourth-order valence-corrected chi connectivity index (χ4v) is 1.40. The summed E-state index contributed by atoms with van der Waals surface area (Å²) < 4.78 is 12.6. The van der Waals surface area contributed by atoms with Crippen molar-refractivity contribution in [3.05, 3.63) is 35.9 Å². The normalized spacial score (nSPS) is 16.0. The van der Waals surface area contributed by atoms with Crippen LogP contribution in [0.2, 0.25) is 0 Å². The minimum Gasteiger partial charge on any atom is -0.445 e. The third-order valence-corrected chi connectivity index (χ3v) is 2.74. The second-order valence-corrected chi connectivity index (χ2v) is 4.06. The largest absolute Gasteiger partial charge is 0.445 e. The van der Waals surface area contributed by atoms with Gasteiger partial charge in [0.1, 0.15) is 12.9 Å². The summed E-state index contributed by atoms with van der Waals surface area (Å²) in [6, 6.07) is 8.58. The molecule has 0 aliphatic rings. The lowest BCUT2D eigenvalue weighted by Gasteiger charge is -2.18. The van der Waals surface area contributed by atoms with E-state index >= 15 is 0 Å². The molecule has 0 aliphatic carbocycles. The molecule has 18 heavy (non-hydrogen) atoms. The highest BCUT2D eigenvalue weighted by molar-refractivity contribution is 5.73. The highest BCUT2D eigenvalue weighted by Gasteiger charge is 2.17. The summed E-state index contributed by atoms with van der Waals surface area (Å²) in [5.41, 5.74) is 0.877. The molecule has 1 aromatic carbocycles. The standard InChI is InChI=1S/C14H19NO3/c1-3-11(2)13(9-16)15-14(17)18-10-12-7-5-4-6-8-12/h4-9,11,13H,3,10H2,1-2H3,(H,15,17)/t11-,13+/m0/s1/i3T/t3?,11-,13+. The SMILES string of the molecule is [3H]C(C)[C@H](C)[C@@H](C=O)NC(=O)OCc1ccccc1. The lowest BCUT2D eigenvalue weighted by molar-refractivity contribution is -0.110. The molecular formula is C14H19NO3. The first kappa shape index (κ1) is 12.6. The molecule has 0 radical (unpaired) electrons. The van der Waals surface area contributed by atoms with Crippen LogP contribution in [0.5, 0.6) is 0 Å². The molecule has 1 rings (SSSR count). The average Bonchev–Trinajstić information content (AvgIpc) is 2.42. The number of amides is 1. The van der Waals surface area contributed by atoms with Crippen LogP contribution in [0.4, 0.5) is 4.79 Å². The maximum Gasteiger partial charge on any atom is 0.408 e. The summed E-state index contributed by atoms with van der Waals surface area (Å²) in [4.78, 5) is 22.5. The van der Waals surface area contributed by atoms with Crippen molar-refractivity contribution in [3.8, 4) is 0 Å². The smallest absolute Gasteiger partial charge is 0.408 e. The maximum absolute atomic E-state index is 11.6. The number of nitrogens with one attached hydrogen (secondary N) is 1. The van der Waals surface area contributed by atoms with Crippen molar-refractivity contribution in [1.82, 2.24) is 5.32 Å². The molecular weight excluding hydrogens is 230 g/mol. The summed E-state index contributed by atoms with van der Waals surface area (Å²) in [6.45, 7) is 3.58. The summed E-state index contributed by atoms with van der Waals surface area (Å²) in [6.07, 6.45) is -0.447. The highest BCUT2D eigenvalue weighted by atomic mass is 16.5. The zero-order chi connectivity index (χ0) is 14.3. The van der Waals surface area contributed by atoms with Gasteiger partial charge in [0.05, 0.1) is 6.04 Å². The molecule has 0 heterocycles. The molecule has 3 atom stereocenters. The van der Waals surface area contributed by atoms with Crippen LogP contribution >= 0.6 is 0 Å². The van der Waals surface area contributed by atoms with Crippen molar-refractivity contribution < 1.29 is 15.7 Å². The van der Waals surface area contributed by atoms with Gasteiger partial charge in [-0.25, -0.2) is 4.79 Å². The van der Waals surface area contributed by atoms with E-state index < -0.39 is 18.5 Å². The Bertz CT molecular complexity index is 408. The Kier molecular flexibility index (Phi) is 5.24. The first-order chi connectivity index (χ1) is 9.04. The molecule has 0 saturated carbocycles. The van der Waals surface area contributed by atoms with Gasteiger partial charge in [-0.05, 0) is 11.5 Å². The van der Waals surface area contributed by atoms with Crippen LogP contribution < -0.4 is 5.32 Å². The van der Waals surface area contributed by atoms with Gasteiger partial charge in [0.2, 0.25) is 0 Å². The Hall–Kier alpha value is -1.84. The molecule has 0 spiro atoms. The highest BCUT2D eigenvalue weighted by Crippen LogP contribution is 2.06. The van der Waals surface area contributed by atoms with Crippen LogP contribution in [0.3, 0.4) is 0 Å². The Balaban J connectivity index is 2.43. The molecule has 1 amide bonds. The van der Waals surface area contributed by atoms with E-state index in [2.05, 4.69) is 5.32 Å². The van der Waals surface area contributed by atoms with Gasteiger partial charge in [0, 0.05) is 1.37 Å². The van der Waals surface area contributed by atoms with E-state index in [0.29, 0.717) is 6.29 Å². The van der Waals surface area contributed by atoms with E-state index in [1.165, 1.54) is 0 Å². The number of alkyl carbamates (subject to hydrolysis) is 1. The second kappa shape index (κ2) is 7.48. The van der Waals surface area contributed by atoms with Gasteiger partial charge in [-0.15, -0.1) is 0 Å². The van der Waals surface area contributed by atoms with E-state index in [-0.39, 0.29) is 12.5 Å². The molecule has 0 bridgehead atoms. The van der Waals surface area contributed by atoms with Gasteiger partial charge in [-0.1, -0.05) is 50.6 Å². The van der Waals surface area contributed by atoms with Gasteiger partial charge in [-0.3, -0.25) is 0 Å². The first-order valence-corrected chi connectivity index (χ1v) is 5.89. The quantitative estimate of drug-likeness (QED) is 0.790. The number of rotatable bonds is 6. The summed E-state index contributed by atoms with van der Waals surface area (Å²) in [7, 11) is 0. The van der Waals surface area contributed by atoms with Crippen molar-refractivity contribution in [2.75, 3.05) is 0 Å². The molecule has 0 fully saturated rings. The molecule has 98 valence electrons. The predicted molar refractivity (Wildman–Crippen MR) is 69.1 cm³/mol. The van der Waals surface area contributed by atoms with Crippen molar-refractivity contribution in [1.29, 1.82) is 0 Å². The van der Waals surface area contributed by atoms with Crippen LogP contribution in [-0.4, -0.2) is 18.4 Å². The molecule has 4 nitrogen and oxygen atoms in total. The number of hydrogen-bond acceptors (Lipinski definition) is 3. The lowest BCUT2D eigenvalue weighted by atomic mass is 10.0. The summed E-state index contributed by atoms with van der Waals surface area (Å²) in [5, 5.41) is 2.47. The maximum atomic E-state index is 11.6. The first-order valence-electron chi connectivity index (χ1n) is 6.47. The number of aldehydes is 1. The van der Waals surface area contributed by atoms with E-state index in [4.69, 9.17) is 6.11 Å². The molecule has 1 unspecified atom stereocenters. The Morgan fingerprint density at radius 3 is 2.72 bits per heavy atom. The fourth-order valence-electron chi connectivity index (χ4n) is 1.40. The number of carbonyl (C=O) groups is 2. The Morgan fingerprint density at radius 1 is 1.50 bits per heavy atom. The summed E-state index contributed by atoms with van der Waals surface area (Å²) in [5.74, 6) is -0.262. The Labute approximate surface area is 109 Å². The Morgan fingerprint density at radius 2 is 2.17 bits per heavy atom. The van der Waals surface area contributed by atoms with Crippen molar-refractivity contribution >= 4 is 12.4 Å². The molecule has 1 aromatic rings. The topological polar surface area (TPSA) is 55.4 Å². The molecule has 1 N–H and O–H groups in total. The molecule has 4 heteroatoms. The zero-order valence-electron chi connectivity index (χ0n) is 11.6. The van der Waals surface area contributed by atoms with E-state index in [1.807, 2.05) is 30.3 Å². The minimum atomic E-state index is -0.698. The number of hydrogen-bond donors (Lipinski definition) is 1. The van der Waals surface area contributed by atoms with Crippen LogP contribution in [0, 0.1) is 5.92 Å². The van der Waals surface area contributed by atoms with E-state index in [9.17, 15) is 9.59 Å². The third-order valence-electron chi connectivity index (χ3n) is 2.74. The van der Waals surface area contributed by atoms with Gasteiger partial charge in [0.15, 0.2) is 0 Å². The van der Waals surface area contributed by atoms with Crippen molar-refractivity contribution in [2.45, 2.75) is 32.9 Å². The van der Waals surface area contributed by atoms with Gasteiger partial charge >= 0.3 is 6.09 Å². The van der Waals surface area contributed by atoms with Crippen LogP contribution in [0.1, 0.15) is 27.2 Å². The lowest BCUT2D eigenvalue weighted by Crippen LogP contribution is -2.40. The van der Waals surface area contributed by atoms with Gasteiger partial charge < -0.3 is 14.8 Å². The second-order valence-electron chi connectivity index (χ2n) is 4.06. The number of benzene rings is 1. The molecule has 0 aromatic heterocycles. The third kappa shape index (κ3) is 4.57. The van der Waals surface area contributed by atoms with Gasteiger partial charge in [0.25, 0.3) is 0 Å². The van der Waals surface area contributed by atoms with Crippen LogP contribution in [0.15, 0.2) is 30.3 Å². The van der Waals surface area contributed by atoms with Gasteiger partial charge in [-0.2, -0.15) is 0 Å². The van der Waals surface area contributed by atoms with Crippen molar-refractivity contribution in [2.24, 2.45) is 5.92 Å². The van der Waals surface area contributed by atoms with E-state index in [0.717, 1.165) is 5.56 Å². The monoisotopic (exact) mass is 251 g/mol. The summed E-state index contributed by atoms with van der Waals surface area (Å²) >= 11 is 0. The van der Waals surface area contributed by atoms with Crippen molar-refractivity contribution in [3.63, 3.8) is 0 Å². The van der Waals surface area contributed by atoms with E-state index in [1.54, 1.807) is 13.8 Å². The van der Waals surface area contributed by atoms with Crippen LogP contribution in [-0.2, 0) is 16.1 Å². The van der Waals surface area contributed by atoms with Crippen LogP contribution in [0.25, 0.3) is 0 Å². The molecule has 0 aliphatic heterocycles. The number of ether oxygens (including phenoxy) is 1. The minimum absolute atomic E-state index is 0.156. The number of carbonyl (C=O) groups excluding carboxylic acids is 2. The zero-order valence-corrected chi connectivity index (χ0v) is 10.6. The fraction of sp³-hybridized carbons (Fsp3) is 0.429. The predicted octanol–water partition coefficient (Wildman–Crippen LogP) is 2.53. The average molecular weight is 251 g/mol. The molecule has 0 saturated heterocycles.